The Morgan fingerprint density at radius 1 is 0.542 bits per heavy atom. The minimum Gasteiger partial charge on any atom is -0.394 e. The van der Waals surface area contributed by atoms with Gasteiger partial charge in [-0.25, -0.2) is 4.18 Å². The first-order chi connectivity index (χ1) is 35.0. The Balaban J connectivity index is 2.21. The molecule has 1 aliphatic rings. The van der Waals surface area contributed by atoms with Crippen LogP contribution < -0.4 is 5.32 Å². The van der Waals surface area contributed by atoms with E-state index in [0.29, 0.717) is 12.8 Å². The summed E-state index contributed by atoms with van der Waals surface area (Å²) >= 11 is 0. The highest BCUT2D eigenvalue weighted by atomic mass is 32.3. The number of unbranched alkanes of at least 4 members (excludes halogenated alkanes) is 40. The molecule has 1 saturated heterocycles. The van der Waals surface area contributed by atoms with Crippen molar-refractivity contribution in [3.63, 3.8) is 0 Å². The second kappa shape index (κ2) is 49.4. The summed E-state index contributed by atoms with van der Waals surface area (Å²) < 4.78 is 47.9. The molecule has 0 aromatic heterocycles. The highest BCUT2D eigenvalue weighted by Gasteiger charge is 2.48. The van der Waals surface area contributed by atoms with Gasteiger partial charge in [-0.2, -0.15) is 8.42 Å². The number of carbonyl (C=O) groups is 1. The minimum absolute atomic E-state index is 0.225. The van der Waals surface area contributed by atoms with Crippen molar-refractivity contribution in [3.8, 4) is 0 Å². The second-order valence-electron chi connectivity index (χ2n) is 21.6. The first kappa shape index (κ1) is 68.9. The maximum absolute atomic E-state index is 13.1. The first-order valence-corrected chi connectivity index (χ1v) is 31.9. The van der Waals surface area contributed by atoms with Crippen molar-refractivity contribution in [2.45, 2.75) is 346 Å². The number of amides is 1. The predicted molar refractivity (Wildman–Crippen MR) is 296 cm³/mol. The molecule has 13 heteroatoms. The summed E-state index contributed by atoms with van der Waals surface area (Å²) in [6.07, 6.45) is 51.0. The van der Waals surface area contributed by atoms with Gasteiger partial charge in [0, 0.05) is 6.42 Å². The van der Waals surface area contributed by atoms with Gasteiger partial charge in [-0.1, -0.05) is 270 Å². The number of rotatable bonds is 54. The number of carbonyl (C=O) groups excluding carboxylic acids is 1. The molecule has 1 fully saturated rings. The van der Waals surface area contributed by atoms with Crippen molar-refractivity contribution in [2.75, 3.05) is 13.2 Å². The molecule has 7 unspecified atom stereocenters. The summed E-state index contributed by atoms with van der Waals surface area (Å²) in [7, 11) is -5.08. The fourth-order valence-corrected chi connectivity index (χ4v) is 10.6. The van der Waals surface area contributed by atoms with Crippen molar-refractivity contribution < 1.29 is 51.8 Å². The van der Waals surface area contributed by atoms with Crippen LogP contribution >= 0.6 is 0 Å². The monoisotopic (exact) mass is 1050 g/mol. The molecule has 7 atom stereocenters. The maximum atomic E-state index is 13.1. The third kappa shape index (κ3) is 41.1. The van der Waals surface area contributed by atoms with Crippen LogP contribution in [0.4, 0.5) is 0 Å². The summed E-state index contributed by atoms with van der Waals surface area (Å²) in [6.45, 7) is 3.48. The van der Waals surface area contributed by atoms with Gasteiger partial charge >= 0.3 is 10.4 Å². The molecule has 0 aliphatic carbocycles. The average molecular weight is 1050 g/mol. The molecule has 6 N–H and O–H groups in total. The molecule has 0 bridgehead atoms. The van der Waals surface area contributed by atoms with Gasteiger partial charge in [0.05, 0.1) is 25.4 Å². The zero-order valence-electron chi connectivity index (χ0n) is 46.5. The molecule has 1 aliphatic heterocycles. The van der Waals surface area contributed by atoms with Crippen LogP contribution in [0.3, 0.4) is 0 Å². The van der Waals surface area contributed by atoms with E-state index in [4.69, 9.17) is 9.47 Å². The number of allylic oxidation sites excluding steroid dienone is 2. The van der Waals surface area contributed by atoms with Crippen LogP contribution in [0.1, 0.15) is 303 Å². The van der Waals surface area contributed by atoms with Gasteiger partial charge in [-0.3, -0.25) is 9.35 Å². The molecule has 72 heavy (non-hydrogen) atoms. The van der Waals surface area contributed by atoms with E-state index in [-0.39, 0.29) is 12.5 Å². The summed E-state index contributed by atoms with van der Waals surface area (Å²) in [5.41, 5.74) is 0. The first-order valence-electron chi connectivity index (χ1n) is 30.6. The molecule has 1 heterocycles. The number of aliphatic hydroxyl groups is 4. The van der Waals surface area contributed by atoms with E-state index in [1.165, 1.54) is 225 Å². The Hall–Kier alpha value is -1.16. The number of ether oxygens (including phenoxy) is 2. The number of hydrogen-bond acceptors (Lipinski definition) is 10. The van der Waals surface area contributed by atoms with Gasteiger partial charge in [0.1, 0.15) is 24.4 Å². The van der Waals surface area contributed by atoms with Crippen molar-refractivity contribution in [1.82, 2.24) is 5.32 Å². The largest absolute Gasteiger partial charge is 0.397 e. The average Bonchev–Trinajstić information content (AvgIpc) is 3.36. The van der Waals surface area contributed by atoms with Gasteiger partial charge in [-0.15, -0.1) is 0 Å². The lowest BCUT2D eigenvalue weighted by atomic mass is 9.99. The number of aliphatic hydroxyl groups excluding tert-OH is 4. The molecule has 428 valence electrons. The van der Waals surface area contributed by atoms with Crippen LogP contribution in [-0.4, -0.2) is 95.4 Å². The van der Waals surface area contributed by atoms with E-state index in [0.717, 1.165) is 51.4 Å². The van der Waals surface area contributed by atoms with Gasteiger partial charge in [0.15, 0.2) is 6.29 Å². The standard InChI is InChI=1S/C59H115NO11S/c1-3-5-7-9-11-13-15-17-18-19-20-21-22-23-24-25-26-27-28-29-30-31-32-33-34-35-37-39-41-43-45-47-49-55(63)60-52(53(62)48-46-44-42-40-38-36-16-14-12-10-8-6-4-2)51-69-59-57(65)58(71-72(66,67)68)56(64)54(50-61)70-59/h23-24,52-54,56-59,61-62,64-65H,3-22,25-51H2,1-2H3,(H,60,63)(H,66,67,68)/b24-23-. The van der Waals surface area contributed by atoms with Crippen molar-refractivity contribution in [3.05, 3.63) is 12.2 Å². The highest BCUT2D eigenvalue weighted by Crippen LogP contribution is 2.26. The topological polar surface area (TPSA) is 192 Å². The minimum atomic E-state index is -5.08. The quantitative estimate of drug-likeness (QED) is 0.0193. The normalized spacial score (nSPS) is 19.3. The van der Waals surface area contributed by atoms with Crippen LogP contribution in [-0.2, 0) is 28.9 Å². The fraction of sp³-hybridized carbons (Fsp3) is 0.949. The summed E-state index contributed by atoms with van der Waals surface area (Å²) in [5, 5.41) is 45.1. The molecule has 1 rings (SSSR count). The van der Waals surface area contributed by atoms with Gasteiger partial charge in [0.25, 0.3) is 0 Å². The predicted octanol–water partition coefficient (Wildman–Crippen LogP) is 14.6. The molecule has 0 aromatic carbocycles. The molecular formula is C59H115NO11S. The van der Waals surface area contributed by atoms with Gasteiger partial charge in [0.2, 0.25) is 5.91 Å². The Bertz CT molecular complexity index is 1320. The van der Waals surface area contributed by atoms with Crippen molar-refractivity contribution >= 4 is 16.3 Å². The molecule has 0 aromatic rings. The third-order valence-electron chi connectivity index (χ3n) is 14.8. The van der Waals surface area contributed by atoms with Crippen LogP contribution in [0.5, 0.6) is 0 Å². The van der Waals surface area contributed by atoms with E-state index in [9.17, 15) is 38.2 Å². The van der Waals surface area contributed by atoms with E-state index in [1.54, 1.807) is 0 Å². The molecular weight excluding hydrogens is 931 g/mol. The van der Waals surface area contributed by atoms with E-state index >= 15 is 0 Å². The maximum Gasteiger partial charge on any atom is 0.397 e. The smallest absolute Gasteiger partial charge is 0.394 e. The molecule has 0 radical (unpaired) electrons. The molecule has 12 nitrogen and oxygen atoms in total. The second-order valence-corrected chi connectivity index (χ2v) is 22.7. The van der Waals surface area contributed by atoms with Crippen LogP contribution in [0.25, 0.3) is 0 Å². The van der Waals surface area contributed by atoms with Gasteiger partial charge < -0.3 is 35.2 Å². The van der Waals surface area contributed by atoms with Crippen LogP contribution in [0.2, 0.25) is 0 Å². The lowest BCUT2D eigenvalue weighted by Gasteiger charge is -2.41. The summed E-state index contributed by atoms with van der Waals surface area (Å²) in [4.78, 5) is 13.1. The Labute approximate surface area is 442 Å². The Morgan fingerprint density at radius 3 is 1.25 bits per heavy atom. The SMILES string of the molecule is CCCCCCCCCCCCCC/C=C\CCCCCCCCCCCCCCCCCCC(=O)NC(COC1OC(CO)C(O)C(OS(=O)(=O)O)C1O)C(O)CCCCCCCCCCCCCCC. The van der Waals surface area contributed by atoms with Crippen molar-refractivity contribution in [1.29, 1.82) is 0 Å². The zero-order chi connectivity index (χ0) is 52.6. The fourth-order valence-electron chi connectivity index (χ4n) is 10.1. The van der Waals surface area contributed by atoms with E-state index in [1.807, 2.05) is 0 Å². The Kier molecular flexibility index (Phi) is 47.3. The summed E-state index contributed by atoms with van der Waals surface area (Å²) in [6, 6.07) is -0.854. The van der Waals surface area contributed by atoms with Gasteiger partial charge in [-0.05, 0) is 38.5 Å². The zero-order valence-corrected chi connectivity index (χ0v) is 47.3. The van der Waals surface area contributed by atoms with Crippen molar-refractivity contribution in [2.24, 2.45) is 0 Å². The van der Waals surface area contributed by atoms with E-state index < -0.39 is 59.9 Å². The Morgan fingerprint density at radius 2 is 0.889 bits per heavy atom. The van der Waals surface area contributed by atoms with Crippen LogP contribution in [0, 0.1) is 0 Å². The highest BCUT2D eigenvalue weighted by molar-refractivity contribution is 7.80. The lowest BCUT2D eigenvalue weighted by Crippen LogP contribution is -2.61. The molecule has 0 saturated carbocycles. The molecule has 0 spiro atoms. The molecule has 1 amide bonds. The number of nitrogens with one attached hydrogen (secondary N) is 1. The van der Waals surface area contributed by atoms with Crippen LogP contribution in [0.15, 0.2) is 12.2 Å². The lowest BCUT2D eigenvalue weighted by molar-refractivity contribution is -0.298. The number of hydrogen-bond donors (Lipinski definition) is 6. The summed E-state index contributed by atoms with van der Waals surface area (Å²) in [5.74, 6) is -0.225. The van der Waals surface area contributed by atoms with E-state index in [2.05, 4.69) is 35.5 Å². The third-order valence-corrected chi connectivity index (χ3v) is 15.3.